The Labute approximate surface area is 118 Å². The molecule has 5 nitrogen and oxygen atoms in total. The Kier molecular flexibility index (Phi) is 4.14. The third-order valence-electron chi connectivity index (χ3n) is 3.69. The third-order valence-corrected chi connectivity index (χ3v) is 3.69. The zero-order chi connectivity index (χ0) is 14.6. The lowest BCUT2D eigenvalue weighted by molar-refractivity contribution is -0.142. The van der Waals surface area contributed by atoms with Crippen LogP contribution in [-0.4, -0.2) is 18.1 Å². The fourth-order valence-corrected chi connectivity index (χ4v) is 2.63. The summed E-state index contributed by atoms with van der Waals surface area (Å²) >= 11 is 0. The Morgan fingerprint density at radius 2 is 2.20 bits per heavy atom. The number of nitrogens with zero attached hydrogens (tertiary/aromatic N) is 1. The van der Waals surface area contributed by atoms with Crippen molar-refractivity contribution in [1.82, 2.24) is 0 Å². The van der Waals surface area contributed by atoms with Crippen LogP contribution in [0.2, 0.25) is 0 Å². The predicted octanol–water partition coefficient (Wildman–Crippen LogP) is 2.43. The van der Waals surface area contributed by atoms with E-state index in [1.807, 2.05) is 6.07 Å². The summed E-state index contributed by atoms with van der Waals surface area (Å²) in [5.41, 5.74) is 7.59. The summed E-state index contributed by atoms with van der Waals surface area (Å²) in [6.07, 6.45) is 4.09. The Morgan fingerprint density at radius 1 is 1.50 bits per heavy atom. The molecule has 106 valence electrons. The second kappa shape index (κ2) is 5.83. The summed E-state index contributed by atoms with van der Waals surface area (Å²) in [6, 6.07) is 7.25. The third kappa shape index (κ3) is 3.21. The molecule has 0 heterocycles. The van der Waals surface area contributed by atoms with E-state index in [2.05, 4.69) is 11.4 Å². The average Bonchev–Trinajstić information content (AvgIpc) is 2.88. The van der Waals surface area contributed by atoms with Gasteiger partial charge in [0, 0.05) is 6.92 Å². The molecule has 5 heteroatoms. The van der Waals surface area contributed by atoms with E-state index in [4.69, 9.17) is 15.7 Å². The quantitative estimate of drug-likeness (QED) is 0.649. The van der Waals surface area contributed by atoms with Crippen molar-refractivity contribution >= 4 is 17.3 Å². The number of hydrogen-bond donors (Lipinski definition) is 2. The summed E-state index contributed by atoms with van der Waals surface area (Å²) in [4.78, 5) is 11.0. The number of carbonyl (C=O) groups excluding carboxylic acids is 1. The summed E-state index contributed by atoms with van der Waals surface area (Å²) in [5.74, 6) is -0.272. The van der Waals surface area contributed by atoms with E-state index in [9.17, 15) is 4.79 Å². The molecule has 1 aliphatic carbocycles. The van der Waals surface area contributed by atoms with Gasteiger partial charge in [-0.1, -0.05) is 12.8 Å². The van der Waals surface area contributed by atoms with Crippen LogP contribution in [0.1, 0.15) is 38.2 Å². The van der Waals surface area contributed by atoms with Crippen LogP contribution in [-0.2, 0) is 9.53 Å². The second-order valence-corrected chi connectivity index (χ2v) is 5.31. The number of ether oxygens (including phenoxy) is 1. The van der Waals surface area contributed by atoms with Gasteiger partial charge in [-0.05, 0) is 31.0 Å². The van der Waals surface area contributed by atoms with Gasteiger partial charge in [-0.2, -0.15) is 5.26 Å². The Balaban J connectivity index is 2.16. The number of rotatable bonds is 4. The molecule has 0 unspecified atom stereocenters. The van der Waals surface area contributed by atoms with Crippen LogP contribution in [0.5, 0.6) is 0 Å². The van der Waals surface area contributed by atoms with Gasteiger partial charge >= 0.3 is 5.97 Å². The van der Waals surface area contributed by atoms with Gasteiger partial charge in [0.1, 0.15) is 6.61 Å². The number of nitrogens with two attached hydrogens (primary N) is 1. The highest BCUT2D eigenvalue weighted by atomic mass is 16.5. The summed E-state index contributed by atoms with van der Waals surface area (Å²) < 4.78 is 5.19. The summed E-state index contributed by atoms with van der Waals surface area (Å²) in [5, 5.41) is 12.3. The Bertz CT molecular complexity index is 543. The molecule has 1 saturated carbocycles. The molecule has 0 aromatic heterocycles. The molecule has 0 radical (unpaired) electrons. The van der Waals surface area contributed by atoms with Gasteiger partial charge in [0.25, 0.3) is 0 Å². The lowest BCUT2D eigenvalue weighted by atomic mass is 9.97. The first kappa shape index (κ1) is 14.2. The molecule has 0 aliphatic heterocycles. The molecule has 20 heavy (non-hydrogen) atoms. The number of nitrogens with one attached hydrogen (secondary N) is 1. The van der Waals surface area contributed by atoms with Crippen LogP contribution < -0.4 is 11.1 Å². The van der Waals surface area contributed by atoms with E-state index in [1.165, 1.54) is 6.92 Å². The monoisotopic (exact) mass is 273 g/mol. The van der Waals surface area contributed by atoms with Crippen LogP contribution in [0.4, 0.5) is 11.4 Å². The molecular weight excluding hydrogens is 254 g/mol. The smallest absolute Gasteiger partial charge is 0.302 e. The molecule has 1 aromatic carbocycles. The number of carbonyl (C=O) groups is 1. The molecule has 1 aromatic rings. The van der Waals surface area contributed by atoms with Crippen molar-refractivity contribution in [2.24, 2.45) is 0 Å². The minimum atomic E-state index is -0.272. The molecule has 2 rings (SSSR count). The van der Waals surface area contributed by atoms with E-state index < -0.39 is 0 Å². The normalized spacial score (nSPS) is 16.4. The van der Waals surface area contributed by atoms with E-state index in [0.29, 0.717) is 17.9 Å². The van der Waals surface area contributed by atoms with Gasteiger partial charge in [-0.25, -0.2) is 0 Å². The molecule has 0 amide bonds. The predicted molar refractivity (Wildman–Crippen MR) is 77.0 cm³/mol. The number of esters is 1. The molecule has 0 spiro atoms. The van der Waals surface area contributed by atoms with Crippen molar-refractivity contribution in [1.29, 1.82) is 5.26 Å². The van der Waals surface area contributed by atoms with Crippen molar-refractivity contribution < 1.29 is 9.53 Å². The van der Waals surface area contributed by atoms with Crippen LogP contribution in [0.3, 0.4) is 0 Å². The fourth-order valence-electron chi connectivity index (χ4n) is 2.63. The van der Waals surface area contributed by atoms with E-state index >= 15 is 0 Å². The van der Waals surface area contributed by atoms with Gasteiger partial charge < -0.3 is 15.8 Å². The minimum Gasteiger partial charge on any atom is -0.463 e. The Hall–Kier alpha value is -2.22. The van der Waals surface area contributed by atoms with Crippen molar-refractivity contribution in [2.45, 2.75) is 38.1 Å². The molecule has 3 N–H and O–H groups in total. The van der Waals surface area contributed by atoms with Gasteiger partial charge in [0.2, 0.25) is 0 Å². The van der Waals surface area contributed by atoms with Gasteiger partial charge in [-0.3, -0.25) is 4.79 Å². The largest absolute Gasteiger partial charge is 0.463 e. The highest BCUT2D eigenvalue weighted by Gasteiger charge is 2.35. The van der Waals surface area contributed by atoms with E-state index in [0.717, 1.165) is 31.4 Å². The number of benzene rings is 1. The molecule has 0 saturated heterocycles. The van der Waals surface area contributed by atoms with Gasteiger partial charge in [0.15, 0.2) is 0 Å². The summed E-state index contributed by atoms with van der Waals surface area (Å²) in [7, 11) is 0. The fraction of sp³-hybridized carbons (Fsp3) is 0.467. The van der Waals surface area contributed by atoms with Crippen molar-refractivity contribution in [3.8, 4) is 6.07 Å². The zero-order valence-electron chi connectivity index (χ0n) is 11.6. The maximum atomic E-state index is 11.0. The van der Waals surface area contributed by atoms with Gasteiger partial charge in [0.05, 0.1) is 28.5 Å². The average molecular weight is 273 g/mol. The van der Waals surface area contributed by atoms with Crippen LogP contribution >= 0.6 is 0 Å². The maximum absolute atomic E-state index is 11.0. The highest BCUT2D eigenvalue weighted by molar-refractivity contribution is 5.69. The first-order chi connectivity index (χ1) is 9.54. The lowest BCUT2D eigenvalue weighted by Gasteiger charge is -2.31. The molecular formula is C15H19N3O2. The standard InChI is InChI=1S/C15H19N3O2/c1-11(19)20-10-15(6-2-3-7-15)18-14-5-4-12(9-16)8-13(14)17/h4-5,8,18H,2-3,6-7,10,17H2,1H3. The van der Waals surface area contributed by atoms with Crippen LogP contribution in [0, 0.1) is 11.3 Å². The second-order valence-electron chi connectivity index (χ2n) is 5.31. The summed E-state index contributed by atoms with van der Waals surface area (Å²) in [6.45, 7) is 1.76. The zero-order valence-corrected chi connectivity index (χ0v) is 11.6. The van der Waals surface area contributed by atoms with E-state index in [-0.39, 0.29) is 11.5 Å². The SMILES string of the molecule is CC(=O)OCC1(Nc2ccc(C#N)cc2N)CCCC1. The Morgan fingerprint density at radius 3 is 2.75 bits per heavy atom. The van der Waals surface area contributed by atoms with Gasteiger partial charge in [-0.15, -0.1) is 0 Å². The number of nitriles is 1. The number of hydrogen-bond acceptors (Lipinski definition) is 5. The lowest BCUT2D eigenvalue weighted by Crippen LogP contribution is -2.41. The van der Waals surface area contributed by atoms with Crippen LogP contribution in [0.15, 0.2) is 18.2 Å². The number of anilines is 2. The molecule has 0 atom stereocenters. The van der Waals surface area contributed by atoms with Crippen molar-refractivity contribution in [2.75, 3.05) is 17.7 Å². The molecule has 1 aliphatic rings. The van der Waals surface area contributed by atoms with Crippen LogP contribution in [0.25, 0.3) is 0 Å². The highest BCUT2D eigenvalue weighted by Crippen LogP contribution is 2.35. The molecule has 1 fully saturated rings. The first-order valence-corrected chi connectivity index (χ1v) is 6.76. The van der Waals surface area contributed by atoms with Crippen molar-refractivity contribution in [3.05, 3.63) is 23.8 Å². The maximum Gasteiger partial charge on any atom is 0.302 e. The first-order valence-electron chi connectivity index (χ1n) is 6.76. The van der Waals surface area contributed by atoms with Crippen molar-refractivity contribution in [3.63, 3.8) is 0 Å². The topological polar surface area (TPSA) is 88.1 Å². The molecule has 0 bridgehead atoms. The minimum absolute atomic E-state index is 0.242. The number of nitrogen functional groups attached to an aromatic ring is 1. The van der Waals surface area contributed by atoms with E-state index in [1.54, 1.807) is 12.1 Å².